The van der Waals surface area contributed by atoms with Crippen molar-refractivity contribution in [3.8, 4) is 0 Å². The van der Waals surface area contributed by atoms with E-state index in [0.717, 1.165) is 31.6 Å². The molecule has 1 aliphatic rings. The Hall–Kier alpha value is -0.980. The van der Waals surface area contributed by atoms with Gasteiger partial charge in [-0.2, -0.15) is 0 Å². The van der Waals surface area contributed by atoms with Gasteiger partial charge in [0.2, 0.25) is 0 Å². The average molecular weight is 356 g/mol. The van der Waals surface area contributed by atoms with E-state index in [1.54, 1.807) is 12.1 Å². The number of nitro groups is 1. The highest BCUT2D eigenvalue weighted by atomic mass is 79.9. The van der Waals surface area contributed by atoms with Crippen molar-refractivity contribution < 1.29 is 4.92 Å². The fourth-order valence-corrected chi connectivity index (χ4v) is 3.49. The summed E-state index contributed by atoms with van der Waals surface area (Å²) >= 11 is 3.40. The van der Waals surface area contributed by atoms with Gasteiger partial charge in [0.15, 0.2) is 0 Å². The number of halogens is 1. The zero-order valence-electron chi connectivity index (χ0n) is 12.3. The molecule has 5 nitrogen and oxygen atoms in total. The van der Waals surface area contributed by atoms with Crippen LogP contribution in [0.15, 0.2) is 22.7 Å². The molecule has 2 rings (SSSR count). The van der Waals surface area contributed by atoms with Crippen molar-refractivity contribution in [1.29, 1.82) is 0 Å². The quantitative estimate of drug-likeness (QED) is 0.628. The predicted molar refractivity (Wildman–Crippen MR) is 87.4 cm³/mol. The standard InChI is InChI=1S/C15H22BrN3O2/c1-17-9-8-13-6-2-3-10-18(13)11-12-5-4-7-14(15(12)16)19(20)21/h4-5,7,13,17H,2-3,6,8-11H2,1H3. The third kappa shape index (κ3) is 4.25. The van der Waals surface area contributed by atoms with E-state index in [9.17, 15) is 10.1 Å². The number of likely N-dealkylation sites (tertiary alicyclic amines) is 1. The first-order chi connectivity index (χ1) is 10.1. The van der Waals surface area contributed by atoms with Gasteiger partial charge in [0, 0.05) is 18.7 Å². The Bertz CT molecular complexity index is 496. The van der Waals surface area contributed by atoms with Gasteiger partial charge in [0.05, 0.1) is 9.40 Å². The Labute approximate surface area is 134 Å². The zero-order chi connectivity index (χ0) is 15.2. The molecular weight excluding hydrogens is 334 g/mol. The Morgan fingerprint density at radius 1 is 1.48 bits per heavy atom. The van der Waals surface area contributed by atoms with Crippen LogP contribution in [0.3, 0.4) is 0 Å². The van der Waals surface area contributed by atoms with Crippen molar-refractivity contribution in [3.05, 3.63) is 38.3 Å². The van der Waals surface area contributed by atoms with Crippen LogP contribution in [0.5, 0.6) is 0 Å². The molecular formula is C15H22BrN3O2. The van der Waals surface area contributed by atoms with Gasteiger partial charge in [-0.25, -0.2) is 0 Å². The summed E-state index contributed by atoms with van der Waals surface area (Å²) in [4.78, 5) is 13.2. The van der Waals surface area contributed by atoms with Crippen LogP contribution >= 0.6 is 15.9 Å². The maximum absolute atomic E-state index is 11.0. The zero-order valence-corrected chi connectivity index (χ0v) is 13.9. The van der Waals surface area contributed by atoms with Crippen LogP contribution < -0.4 is 5.32 Å². The van der Waals surface area contributed by atoms with E-state index in [4.69, 9.17) is 0 Å². The highest BCUT2D eigenvalue weighted by molar-refractivity contribution is 9.10. The summed E-state index contributed by atoms with van der Waals surface area (Å²) in [6.45, 7) is 2.86. The van der Waals surface area contributed by atoms with Crippen molar-refractivity contribution >= 4 is 21.6 Å². The highest BCUT2D eigenvalue weighted by Crippen LogP contribution is 2.31. The van der Waals surface area contributed by atoms with E-state index in [1.165, 1.54) is 19.3 Å². The van der Waals surface area contributed by atoms with E-state index < -0.39 is 0 Å². The molecule has 116 valence electrons. The molecule has 0 amide bonds. The molecule has 1 atom stereocenters. The molecule has 1 aromatic carbocycles. The van der Waals surface area contributed by atoms with Gasteiger partial charge in [-0.05, 0) is 60.9 Å². The molecule has 1 heterocycles. The summed E-state index contributed by atoms with van der Waals surface area (Å²) in [5, 5.41) is 14.2. The smallest absolute Gasteiger partial charge is 0.283 e. The Morgan fingerprint density at radius 2 is 2.29 bits per heavy atom. The summed E-state index contributed by atoms with van der Waals surface area (Å²) in [6.07, 6.45) is 4.83. The van der Waals surface area contributed by atoms with E-state index in [2.05, 4.69) is 26.1 Å². The van der Waals surface area contributed by atoms with Crippen LogP contribution in [0, 0.1) is 10.1 Å². The molecule has 0 spiro atoms. The molecule has 0 aliphatic carbocycles. The SMILES string of the molecule is CNCCC1CCCCN1Cc1cccc([N+](=O)[O-])c1Br. The van der Waals surface area contributed by atoms with Crippen molar-refractivity contribution in [2.24, 2.45) is 0 Å². The summed E-state index contributed by atoms with van der Waals surface area (Å²) in [5.74, 6) is 0. The van der Waals surface area contributed by atoms with Crippen LogP contribution in [-0.2, 0) is 6.54 Å². The molecule has 1 N–H and O–H groups in total. The molecule has 0 saturated carbocycles. The molecule has 1 aromatic rings. The summed E-state index contributed by atoms with van der Waals surface area (Å²) in [6, 6.07) is 5.85. The van der Waals surface area contributed by atoms with Crippen molar-refractivity contribution in [1.82, 2.24) is 10.2 Å². The molecule has 0 bridgehead atoms. The molecule has 1 fully saturated rings. The van der Waals surface area contributed by atoms with Crippen molar-refractivity contribution in [2.45, 2.75) is 38.3 Å². The van der Waals surface area contributed by atoms with Gasteiger partial charge < -0.3 is 5.32 Å². The second kappa shape index (κ2) is 7.87. The third-order valence-electron chi connectivity index (χ3n) is 4.11. The monoisotopic (exact) mass is 355 g/mol. The lowest BCUT2D eigenvalue weighted by atomic mass is 9.98. The predicted octanol–water partition coefficient (Wildman–Crippen LogP) is 3.32. The van der Waals surface area contributed by atoms with E-state index in [1.807, 2.05) is 13.1 Å². The van der Waals surface area contributed by atoms with Gasteiger partial charge in [-0.1, -0.05) is 18.6 Å². The number of hydrogen-bond donors (Lipinski definition) is 1. The summed E-state index contributed by atoms with van der Waals surface area (Å²) < 4.78 is 0.618. The molecule has 1 unspecified atom stereocenters. The maximum Gasteiger partial charge on any atom is 0.283 e. The van der Waals surface area contributed by atoms with Crippen molar-refractivity contribution in [2.75, 3.05) is 20.1 Å². The van der Waals surface area contributed by atoms with Crippen LogP contribution in [-0.4, -0.2) is 36.0 Å². The molecule has 0 radical (unpaired) electrons. The highest BCUT2D eigenvalue weighted by Gasteiger charge is 2.24. The molecule has 21 heavy (non-hydrogen) atoms. The Morgan fingerprint density at radius 3 is 3.00 bits per heavy atom. The lowest BCUT2D eigenvalue weighted by molar-refractivity contribution is -0.385. The first kappa shape index (κ1) is 16.4. The molecule has 0 aromatic heterocycles. The van der Waals surface area contributed by atoms with Crippen LogP contribution in [0.4, 0.5) is 5.69 Å². The minimum atomic E-state index is -0.331. The van der Waals surface area contributed by atoms with Gasteiger partial charge in [-0.3, -0.25) is 15.0 Å². The van der Waals surface area contributed by atoms with Crippen LogP contribution in [0.25, 0.3) is 0 Å². The van der Waals surface area contributed by atoms with E-state index in [0.29, 0.717) is 10.5 Å². The molecule has 1 saturated heterocycles. The first-order valence-electron chi connectivity index (χ1n) is 7.44. The fourth-order valence-electron chi connectivity index (χ4n) is 2.95. The minimum Gasteiger partial charge on any atom is -0.320 e. The van der Waals surface area contributed by atoms with E-state index >= 15 is 0 Å². The van der Waals surface area contributed by atoms with Gasteiger partial charge in [0.25, 0.3) is 5.69 Å². The fraction of sp³-hybridized carbons (Fsp3) is 0.600. The average Bonchev–Trinajstić information content (AvgIpc) is 2.48. The minimum absolute atomic E-state index is 0.149. The lowest BCUT2D eigenvalue weighted by Crippen LogP contribution is -2.40. The van der Waals surface area contributed by atoms with Crippen LogP contribution in [0.1, 0.15) is 31.2 Å². The van der Waals surface area contributed by atoms with Gasteiger partial charge in [0.1, 0.15) is 0 Å². The Balaban J connectivity index is 2.11. The second-order valence-corrected chi connectivity index (χ2v) is 6.31. The molecule has 1 aliphatic heterocycles. The molecule has 6 heteroatoms. The normalized spacial score (nSPS) is 19.6. The first-order valence-corrected chi connectivity index (χ1v) is 8.23. The van der Waals surface area contributed by atoms with Crippen molar-refractivity contribution in [3.63, 3.8) is 0 Å². The largest absolute Gasteiger partial charge is 0.320 e. The number of nitro benzene ring substituents is 1. The maximum atomic E-state index is 11.0. The number of nitrogens with zero attached hydrogens (tertiary/aromatic N) is 2. The van der Waals surface area contributed by atoms with Crippen LogP contribution in [0.2, 0.25) is 0 Å². The number of rotatable bonds is 6. The number of hydrogen-bond acceptors (Lipinski definition) is 4. The van der Waals surface area contributed by atoms with Gasteiger partial charge in [-0.15, -0.1) is 0 Å². The number of piperidine rings is 1. The third-order valence-corrected chi connectivity index (χ3v) is 5.02. The second-order valence-electron chi connectivity index (χ2n) is 5.52. The van der Waals surface area contributed by atoms with E-state index in [-0.39, 0.29) is 10.6 Å². The topological polar surface area (TPSA) is 58.4 Å². The summed E-state index contributed by atoms with van der Waals surface area (Å²) in [5.41, 5.74) is 1.15. The Kier molecular flexibility index (Phi) is 6.14. The number of benzene rings is 1. The summed E-state index contributed by atoms with van der Waals surface area (Å²) in [7, 11) is 1.98. The lowest BCUT2D eigenvalue weighted by Gasteiger charge is -2.36. The number of nitrogens with one attached hydrogen (secondary N) is 1. The van der Waals surface area contributed by atoms with Gasteiger partial charge >= 0.3 is 0 Å².